The number of benzene rings is 2. The molecule has 6 nitrogen and oxygen atoms in total. The van der Waals surface area contributed by atoms with Crippen molar-refractivity contribution in [2.45, 2.75) is 6.92 Å². The van der Waals surface area contributed by atoms with E-state index in [9.17, 15) is 19.8 Å². The average Bonchev–Trinajstić information content (AvgIpc) is 2.50. The molecule has 2 aromatic rings. The Hall–Kier alpha value is -3.02. The fourth-order valence-electron chi connectivity index (χ4n) is 1.93. The maximum Gasteiger partial charge on any atom is 0.255 e. The third-order valence-corrected chi connectivity index (χ3v) is 3.19. The summed E-state index contributed by atoms with van der Waals surface area (Å²) >= 11 is 0. The number of hydrogen-bond donors (Lipinski definition) is 4. The Balaban J connectivity index is 2.21. The lowest BCUT2D eigenvalue weighted by Crippen LogP contribution is -2.12. The molecule has 0 bridgehead atoms. The van der Waals surface area contributed by atoms with E-state index in [0.717, 1.165) is 0 Å². The number of carbonyl (C=O) groups excluding carboxylic acids is 2. The first-order valence-electron chi connectivity index (χ1n) is 6.58. The van der Waals surface area contributed by atoms with Gasteiger partial charge in [0.25, 0.3) is 5.91 Å². The highest BCUT2D eigenvalue weighted by atomic mass is 16.3. The van der Waals surface area contributed by atoms with Crippen LogP contribution in [0.4, 0.5) is 11.4 Å². The van der Waals surface area contributed by atoms with Crippen LogP contribution in [0.1, 0.15) is 27.6 Å². The highest BCUT2D eigenvalue weighted by molar-refractivity contribution is 6.06. The third-order valence-electron chi connectivity index (χ3n) is 3.19. The number of anilines is 2. The summed E-state index contributed by atoms with van der Waals surface area (Å²) in [5.74, 6) is -0.808. The predicted molar refractivity (Wildman–Crippen MR) is 83.7 cm³/mol. The minimum absolute atomic E-state index is 0.0859. The van der Waals surface area contributed by atoms with Gasteiger partial charge in [0.1, 0.15) is 11.5 Å². The van der Waals surface area contributed by atoms with Crippen molar-refractivity contribution in [1.82, 2.24) is 0 Å². The van der Waals surface area contributed by atoms with Crippen LogP contribution < -0.4 is 10.6 Å². The second-order valence-electron chi connectivity index (χ2n) is 4.72. The summed E-state index contributed by atoms with van der Waals surface area (Å²) in [6.45, 7) is 1.44. The van der Waals surface area contributed by atoms with E-state index in [1.165, 1.54) is 31.2 Å². The van der Waals surface area contributed by atoms with Crippen LogP contribution in [0.25, 0.3) is 0 Å². The molecule has 0 saturated heterocycles. The van der Waals surface area contributed by atoms with Crippen molar-refractivity contribution in [1.29, 1.82) is 0 Å². The second-order valence-corrected chi connectivity index (χ2v) is 4.72. The summed E-state index contributed by atoms with van der Waals surface area (Å²) in [6, 6.07) is 8.71. The first-order valence-corrected chi connectivity index (χ1v) is 6.58. The van der Waals surface area contributed by atoms with Gasteiger partial charge in [-0.1, -0.05) is 12.1 Å². The second kappa shape index (κ2) is 6.17. The van der Waals surface area contributed by atoms with Gasteiger partial charge in [-0.15, -0.1) is 0 Å². The van der Waals surface area contributed by atoms with E-state index in [1.54, 1.807) is 19.2 Å². The van der Waals surface area contributed by atoms with E-state index in [4.69, 9.17) is 0 Å². The molecule has 0 atom stereocenters. The van der Waals surface area contributed by atoms with E-state index in [1.807, 2.05) is 0 Å². The summed E-state index contributed by atoms with van der Waals surface area (Å²) in [7, 11) is 1.60. The number of nitrogens with one attached hydrogen (secondary N) is 2. The molecule has 0 aliphatic carbocycles. The Kier molecular flexibility index (Phi) is 4.31. The molecule has 0 heterocycles. The molecule has 0 aliphatic heterocycles. The number of carbonyl (C=O) groups is 2. The molecular weight excluding hydrogens is 284 g/mol. The molecule has 0 unspecified atom stereocenters. The molecule has 4 N–H and O–H groups in total. The third kappa shape index (κ3) is 3.17. The Morgan fingerprint density at radius 1 is 0.909 bits per heavy atom. The molecule has 0 fully saturated rings. The van der Waals surface area contributed by atoms with Gasteiger partial charge in [0.2, 0.25) is 0 Å². The Bertz CT molecular complexity index is 724. The van der Waals surface area contributed by atoms with E-state index in [2.05, 4.69) is 10.6 Å². The molecule has 6 heteroatoms. The molecule has 0 saturated carbocycles. The van der Waals surface area contributed by atoms with Gasteiger partial charge in [-0.2, -0.15) is 0 Å². The van der Waals surface area contributed by atoms with Crippen LogP contribution in [-0.4, -0.2) is 29.0 Å². The van der Waals surface area contributed by atoms with E-state index in [0.29, 0.717) is 16.8 Å². The number of aromatic hydroxyl groups is 2. The molecule has 114 valence electrons. The van der Waals surface area contributed by atoms with Gasteiger partial charge in [0, 0.05) is 30.3 Å². The van der Waals surface area contributed by atoms with Gasteiger partial charge >= 0.3 is 0 Å². The standard InChI is InChI=1S/C16H16N2O4/c1-9(19)10-3-5-11(6-4-10)16(22)18-13-8-14(20)12(17-2)7-15(13)21/h3-8,17,20-21H,1-2H3,(H,18,22). The lowest BCUT2D eigenvalue weighted by Gasteiger charge is -2.11. The molecule has 22 heavy (non-hydrogen) atoms. The van der Waals surface area contributed by atoms with Crippen LogP contribution in [0.15, 0.2) is 36.4 Å². The van der Waals surface area contributed by atoms with Crippen molar-refractivity contribution in [3.05, 3.63) is 47.5 Å². The Labute approximate surface area is 127 Å². The number of ketones is 1. The number of phenolic OH excluding ortho intramolecular Hbond substituents is 2. The van der Waals surface area contributed by atoms with Crippen molar-refractivity contribution >= 4 is 23.1 Å². The number of hydrogen-bond acceptors (Lipinski definition) is 5. The molecule has 0 aliphatic rings. The highest BCUT2D eigenvalue weighted by Gasteiger charge is 2.12. The molecule has 0 spiro atoms. The Morgan fingerprint density at radius 3 is 1.95 bits per heavy atom. The van der Waals surface area contributed by atoms with Gasteiger partial charge in [0.15, 0.2) is 5.78 Å². The lowest BCUT2D eigenvalue weighted by molar-refractivity contribution is 0.100. The van der Waals surface area contributed by atoms with Gasteiger partial charge in [-0.3, -0.25) is 9.59 Å². The molecular formula is C16H16N2O4. The van der Waals surface area contributed by atoms with Crippen LogP contribution in [0.2, 0.25) is 0 Å². The fourth-order valence-corrected chi connectivity index (χ4v) is 1.93. The normalized spacial score (nSPS) is 10.1. The van der Waals surface area contributed by atoms with E-state index < -0.39 is 5.91 Å². The number of phenols is 2. The van der Waals surface area contributed by atoms with Crippen LogP contribution in [0.3, 0.4) is 0 Å². The number of amides is 1. The van der Waals surface area contributed by atoms with Crippen LogP contribution >= 0.6 is 0 Å². The summed E-state index contributed by atoms with van der Waals surface area (Å²) in [5, 5.41) is 24.8. The molecule has 2 aromatic carbocycles. The minimum atomic E-state index is -0.456. The number of rotatable bonds is 4. The van der Waals surface area contributed by atoms with Crippen molar-refractivity contribution in [3.63, 3.8) is 0 Å². The molecule has 0 radical (unpaired) electrons. The predicted octanol–water partition coefficient (Wildman–Crippen LogP) is 2.59. The topological polar surface area (TPSA) is 98.7 Å². The Morgan fingerprint density at radius 2 is 1.41 bits per heavy atom. The first kappa shape index (κ1) is 15.4. The zero-order chi connectivity index (χ0) is 16.3. The van der Waals surface area contributed by atoms with Crippen molar-refractivity contribution < 1.29 is 19.8 Å². The zero-order valence-corrected chi connectivity index (χ0v) is 12.2. The van der Waals surface area contributed by atoms with Crippen LogP contribution in [-0.2, 0) is 0 Å². The monoisotopic (exact) mass is 300 g/mol. The maximum atomic E-state index is 12.1. The van der Waals surface area contributed by atoms with Crippen LogP contribution in [0, 0.1) is 0 Å². The van der Waals surface area contributed by atoms with Gasteiger partial charge in [-0.05, 0) is 19.1 Å². The van der Waals surface area contributed by atoms with E-state index >= 15 is 0 Å². The van der Waals surface area contributed by atoms with Gasteiger partial charge < -0.3 is 20.8 Å². The smallest absolute Gasteiger partial charge is 0.255 e. The first-order chi connectivity index (χ1) is 10.4. The zero-order valence-electron chi connectivity index (χ0n) is 12.2. The molecule has 2 rings (SSSR count). The van der Waals surface area contributed by atoms with Gasteiger partial charge in [-0.25, -0.2) is 0 Å². The largest absolute Gasteiger partial charge is 0.506 e. The van der Waals surface area contributed by atoms with Crippen molar-refractivity contribution in [2.75, 3.05) is 17.7 Å². The van der Waals surface area contributed by atoms with E-state index in [-0.39, 0.29) is 23.0 Å². The average molecular weight is 300 g/mol. The van der Waals surface area contributed by atoms with Gasteiger partial charge in [0.05, 0.1) is 11.4 Å². The van der Waals surface area contributed by atoms with Crippen LogP contribution in [0.5, 0.6) is 11.5 Å². The highest BCUT2D eigenvalue weighted by Crippen LogP contribution is 2.34. The maximum absolute atomic E-state index is 12.1. The summed E-state index contributed by atoms with van der Waals surface area (Å²) in [5.41, 5.74) is 1.29. The minimum Gasteiger partial charge on any atom is -0.506 e. The molecule has 0 aromatic heterocycles. The summed E-state index contributed by atoms with van der Waals surface area (Å²) in [6.07, 6.45) is 0. The lowest BCUT2D eigenvalue weighted by atomic mass is 10.1. The van der Waals surface area contributed by atoms with Crippen molar-refractivity contribution in [2.24, 2.45) is 0 Å². The SMILES string of the molecule is CNc1cc(O)c(NC(=O)c2ccc(C(C)=O)cc2)cc1O. The summed E-state index contributed by atoms with van der Waals surface area (Å²) in [4.78, 5) is 23.3. The van der Waals surface area contributed by atoms with Crippen molar-refractivity contribution in [3.8, 4) is 11.5 Å². The number of Topliss-reactive ketones (excluding diaryl/α,β-unsaturated/α-hetero) is 1. The summed E-state index contributed by atoms with van der Waals surface area (Å²) < 4.78 is 0. The quantitative estimate of drug-likeness (QED) is 0.395. The fraction of sp³-hybridized carbons (Fsp3) is 0.125. The molecule has 1 amide bonds.